The molecular formula is C22H23F2HfP. The Balaban J connectivity index is 0.00000121. The second kappa shape index (κ2) is 8.40. The molecule has 0 amide bonds. The van der Waals surface area contributed by atoms with Gasteiger partial charge in [-0.05, 0) is 0 Å². The molecule has 0 bridgehead atoms. The van der Waals surface area contributed by atoms with Crippen LogP contribution in [0.1, 0.15) is 40.7 Å². The molecule has 2 atom stereocenters. The number of fused-ring (bicyclic) bond motifs is 2. The molecule has 0 aromatic heterocycles. The molecule has 4 rings (SSSR count). The van der Waals surface area contributed by atoms with E-state index in [4.69, 9.17) is 0 Å². The van der Waals surface area contributed by atoms with Gasteiger partial charge in [-0.1, -0.05) is 0 Å². The standard InChI is InChI=1S/C11H12P.C11H11.2FH.Hf/c1-12(2)11-7-9-5-3-4-6-10(9)8-11;1-8-6-7-9(2)11-5-3-4-10(8)11;;;/h3-8H,1-2H3;3-7H,1-2H3;2*1H;/q;;;;+2/p-2. The number of aryl methyl sites for hydroxylation is 2. The minimum Gasteiger partial charge on any atom is -1.00 e. The zero-order valence-electron chi connectivity index (χ0n) is 15.6. The SMILES string of the molecule is Cc1ccc(C)c2c1C=C[CH]2[Hf+2][CH]1C(P(C)C)=Cc2ccccc21.[F-].[F-]. The molecule has 0 nitrogen and oxygen atoms in total. The molecule has 2 unspecified atom stereocenters. The Kier molecular flexibility index (Phi) is 6.91. The Labute approximate surface area is 167 Å². The van der Waals surface area contributed by atoms with Crippen LogP contribution in [0.2, 0.25) is 0 Å². The number of rotatable bonds is 3. The fraction of sp³-hybridized carbons (Fsp3) is 0.273. The first-order valence-electron chi connectivity index (χ1n) is 8.58. The van der Waals surface area contributed by atoms with Crippen LogP contribution in [0.5, 0.6) is 0 Å². The van der Waals surface area contributed by atoms with Crippen LogP contribution in [0.25, 0.3) is 12.2 Å². The van der Waals surface area contributed by atoms with E-state index >= 15 is 0 Å². The molecule has 2 aliphatic carbocycles. The molecular weight excluding hydrogens is 512 g/mol. The largest absolute Gasteiger partial charge is 1.00 e. The van der Waals surface area contributed by atoms with E-state index in [-0.39, 0.29) is 17.3 Å². The van der Waals surface area contributed by atoms with Gasteiger partial charge in [-0.15, -0.1) is 0 Å². The fourth-order valence-electron chi connectivity index (χ4n) is 3.97. The third kappa shape index (κ3) is 3.58. The van der Waals surface area contributed by atoms with Gasteiger partial charge in [0.2, 0.25) is 0 Å². The average molecular weight is 535 g/mol. The third-order valence-electron chi connectivity index (χ3n) is 5.26. The molecule has 4 heteroatoms. The van der Waals surface area contributed by atoms with Crippen molar-refractivity contribution in [1.29, 1.82) is 0 Å². The number of benzene rings is 2. The number of hydrogen-bond donors (Lipinski definition) is 0. The van der Waals surface area contributed by atoms with E-state index in [1.165, 1.54) is 22.3 Å². The summed E-state index contributed by atoms with van der Waals surface area (Å²) in [5, 5.41) is 1.75. The number of allylic oxidation sites excluding steroid dienone is 2. The summed E-state index contributed by atoms with van der Waals surface area (Å²) < 4.78 is 1.53. The topological polar surface area (TPSA) is 0 Å². The van der Waals surface area contributed by atoms with Gasteiger partial charge in [0.05, 0.1) is 0 Å². The van der Waals surface area contributed by atoms with Crippen LogP contribution in [0.3, 0.4) is 0 Å². The third-order valence-corrected chi connectivity index (χ3v) is 14.0. The second-order valence-electron chi connectivity index (χ2n) is 7.06. The van der Waals surface area contributed by atoms with Crippen LogP contribution in [0.4, 0.5) is 0 Å². The summed E-state index contributed by atoms with van der Waals surface area (Å²) in [6, 6.07) is 13.7. The van der Waals surface area contributed by atoms with Crippen LogP contribution < -0.4 is 9.41 Å². The molecule has 0 saturated carbocycles. The molecule has 26 heavy (non-hydrogen) atoms. The Morgan fingerprint density at radius 3 is 2.35 bits per heavy atom. The van der Waals surface area contributed by atoms with Crippen molar-refractivity contribution in [2.75, 3.05) is 13.3 Å². The average Bonchev–Trinajstić information content (AvgIpc) is 3.15. The van der Waals surface area contributed by atoms with E-state index in [9.17, 15) is 0 Å². The zero-order valence-corrected chi connectivity index (χ0v) is 20.0. The van der Waals surface area contributed by atoms with E-state index in [0.717, 1.165) is 7.35 Å². The van der Waals surface area contributed by atoms with Crippen molar-refractivity contribution >= 4 is 20.1 Å². The molecule has 0 fully saturated rings. The number of halogens is 2. The van der Waals surface area contributed by atoms with Gasteiger partial charge in [0.15, 0.2) is 0 Å². The fourth-order valence-corrected chi connectivity index (χ4v) is 14.9. The first-order valence-corrected chi connectivity index (χ1v) is 15.0. The normalized spacial score (nSPS) is 19.2. The maximum Gasteiger partial charge on any atom is -1.00 e. The van der Waals surface area contributed by atoms with Gasteiger partial charge in [0, 0.05) is 0 Å². The molecule has 0 heterocycles. The van der Waals surface area contributed by atoms with Gasteiger partial charge in [0.25, 0.3) is 0 Å². The second-order valence-corrected chi connectivity index (χ2v) is 14.9. The summed E-state index contributed by atoms with van der Waals surface area (Å²) in [7, 11) is -0.00301. The first-order chi connectivity index (χ1) is 11.6. The quantitative estimate of drug-likeness (QED) is 0.393. The van der Waals surface area contributed by atoms with E-state index in [2.05, 4.69) is 81.8 Å². The van der Waals surface area contributed by atoms with Crippen LogP contribution in [-0.2, 0) is 22.9 Å². The Bertz CT molecular complexity index is 870. The summed E-state index contributed by atoms with van der Waals surface area (Å²) in [5.74, 6) is 0. The Morgan fingerprint density at radius 1 is 0.923 bits per heavy atom. The Hall–Kier alpha value is -0.920. The van der Waals surface area contributed by atoms with Gasteiger partial charge in [-0.25, -0.2) is 0 Å². The predicted molar refractivity (Wildman–Crippen MR) is 104 cm³/mol. The molecule has 2 aromatic rings. The van der Waals surface area contributed by atoms with E-state index in [1.54, 1.807) is 16.4 Å². The van der Waals surface area contributed by atoms with Crippen molar-refractivity contribution in [2.24, 2.45) is 0 Å². The molecule has 0 N–H and O–H groups in total. The summed E-state index contributed by atoms with van der Waals surface area (Å²) in [4.78, 5) is 0. The number of hydrogen-bond acceptors (Lipinski definition) is 0. The molecule has 2 aliphatic rings. The van der Waals surface area contributed by atoms with Crippen molar-refractivity contribution in [3.05, 3.63) is 81.2 Å². The monoisotopic (exact) mass is 536 g/mol. The van der Waals surface area contributed by atoms with Gasteiger partial charge in [-0.3, -0.25) is 0 Å². The van der Waals surface area contributed by atoms with Crippen LogP contribution in [0, 0.1) is 13.8 Å². The molecule has 0 spiro atoms. The summed E-state index contributed by atoms with van der Waals surface area (Å²) in [5.41, 5.74) is 9.21. The van der Waals surface area contributed by atoms with Gasteiger partial charge in [-0.2, -0.15) is 0 Å². The maximum absolute atomic E-state index is 2.53. The minimum atomic E-state index is -0.930. The molecule has 0 aliphatic heterocycles. The Morgan fingerprint density at radius 2 is 1.62 bits per heavy atom. The van der Waals surface area contributed by atoms with Crippen molar-refractivity contribution < 1.29 is 32.3 Å². The summed E-state index contributed by atoms with van der Waals surface area (Å²) >= 11 is -0.930. The van der Waals surface area contributed by atoms with Crippen LogP contribution in [-0.4, -0.2) is 13.3 Å². The smallest absolute Gasteiger partial charge is 1.00 e. The zero-order chi connectivity index (χ0) is 16.8. The maximum atomic E-state index is 2.53. The van der Waals surface area contributed by atoms with Crippen LogP contribution >= 0.6 is 7.92 Å². The van der Waals surface area contributed by atoms with E-state index < -0.39 is 22.9 Å². The van der Waals surface area contributed by atoms with Crippen molar-refractivity contribution in [3.8, 4) is 0 Å². The molecule has 134 valence electrons. The van der Waals surface area contributed by atoms with Crippen molar-refractivity contribution in [1.82, 2.24) is 0 Å². The molecule has 2 aromatic carbocycles. The predicted octanol–water partition coefficient (Wildman–Crippen LogP) is 0.299. The molecule has 0 saturated heterocycles. The van der Waals surface area contributed by atoms with Gasteiger partial charge >= 0.3 is 159 Å². The minimum absolute atomic E-state index is 0. The van der Waals surface area contributed by atoms with Gasteiger partial charge in [0.1, 0.15) is 0 Å². The summed E-state index contributed by atoms with van der Waals surface area (Å²) in [6.07, 6.45) is 7.45. The van der Waals surface area contributed by atoms with E-state index in [1.807, 2.05) is 0 Å². The van der Waals surface area contributed by atoms with E-state index in [0.29, 0.717) is 0 Å². The summed E-state index contributed by atoms with van der Waals surface area (Å²) in [6.45, 7) is 9.41. The van der Waals surface area contributed by atoms with Gasteiger partial charge < -0.3 is 9.41 Å². The molecule has 0 radical (unpaired) electrons. The van der Waals surface area contributed by atoms with Crippen molar-refractivity contribution in [2.45, 2.75) is 21.2 Å². The first kappa shape index (κ1) is 21.4. The van der Waals surface area contributed by atoms with Crippen LogP contribution in [0.15, 0.2) is 47.8 Å². The van der Waals surface area contributed by atoms with Crippen molar-refractivity contribution in [3.63, 3.8) is 0 Å².